The van der Waals surface area contributed by atoms with Crippen LogP contribution in [0.4, 0.5) is 0 Å². The van der Waals surface area contributed by atoms with E-state index in [0.717, 1.165) is 10.9 Å². The smallest absolute Gasteiger partial charge is 0.242 e. The van der Waals surface area contributed by atoms with Crippen molar-refractivity contribution in [1.29, 1.82) is 0 Å². The molecule has 0 aliphatic carbocycles. The fourth-order valence-electron chi connectivity index (χ4n) is 1.26. The lowest BCUT2D eigenvalue weighted by atomic mass is 10.1. The Labute approximate surface area is 86.5 Å². The Kier molecular flexibility index (Phi) is 2.41. The Morgan fingerprint density at radius 2 is 2.13 bits per heavy atom. The van der Waals surface area contributed by atoms with E-state index < -0.39 is 5.91 Å². The lowest BCUT2D eigenvalue weighted by Crippen LogP contribution is -2.05. The Morgan fingerprint density at radius 3 is 2.93 bits per heavy atom. The molecule has 4 nitrogen and oxygen atoms in total. The summed E-state index contributed by atoms with van der Waals surface area (Å²) < 4.78 is 0. The lowest BCUT2D eigenvalue weighted by Gasteiger charge is -1.98. The van der Waals surface area contributed by atoms with Crippen LogP contribution in [0.2, 0.25) is 0 Å². The number of aromatic nitrogens is 2. The molecule has 0 fully saturated rings. The molecule has 4 heteroatoms. The van der Waals surface area contributed by atoms with Crippen LogP contribution in [0.3, 0.4) is 0 Å². The molecule has 2 heterocycles. The summed E-state index contributed by atoms with van der Waals surface area (Å²) in [5.41, 5.74) is 6.38. The zero-order valence-electron chi connectivity index (χ0n) is 7.84. The SMILES string of the molecule is NC(=O)C=[C]c1ccnc2ncccc12. The molecule has 0 atom stereocenters. The maximum Gasteiger partial charge on any atom is 0.242 e. The van der Waals surface area contributed by atoms with Gasteiger partial charge >= 0.3 is 0 Å². The predicted octanol–water partition coefficient (Wildman–Crippen LogP) is 0.823. The van der Waals surface area contributed by atoms with E-state index in [1.54, 1.807) is 24.5 Å². The molecule has 0 aliphatic heterocycles. The van der Waals surface area contributed by atoms with Crippen LogP contribution in [0.1, 0.15) is 5.56 Å². The van der Waals surface area contributed by atoms with Crippen molar-refractivity contribution in [2.45, 2.75) is 0 Å². The van der Waals surface area contributed by atoms with Gasteiger partial charge < -0.3 is 5.73 Å². The van der Waals surface area contributed by atoms with E-state index in [0.29, 0.717) is 5.65 Å². The van der Waals surface area contributed by atoms with Crippen molar-refractivity contribution in [3.8, 4) is 0 Å². The molecular weight excluding hydrogens is 190 g/mol. The molecule has 0 bridgehead atoms. The molecule has 2 rings (SSSR count). The number of nitrogens with zero attached hydrogens (tertiary/aromatic N) is 2. The Hall–Kier alpha value is -2.23. The third-order valence-corrected chi connectivity index (χ3v) is 1.88. The Balaban J connectivity index is 2.56. The Bertz CT molecular complexity index is 529. The van der Waals surface area contributed by atoms with Crippen molar-refractivity contribution in [2.75, 3.05) is 0 Å². The van der Waals surface area contributed by atoms with Crippen LogP contribution in [0, 0.1) is 6.08 Å². The van der Waals surface area contributed by atoms with Gasteiger partial charge in [0.2, 0.25) is 5.91 Å². The number of amides is 1. The summed E-state index contributed by atoms with van der Waals surface area (Å²) in [7, 11) is 0. The van der Waals surface area contributed by atoms with Crippen LogP contribution in [-0.4, -0.2) is 15.9 Å². The molecule has 15 heavy (non-hydrogen) atoms. The summed E-state index contributed by atoms with van der Waals surface area (Å²) in [4.78, 5) is 18.8. The van der Waals surface area contributed by atoms with Crippen molar-refractivity contribution in [1.82, 2.24) is 9.97 Å². The summed E-state index contributed by atoms with van der Waals surface area (Å²) in [5, 5.41) is 0.845. The number of hydrogen-bond acceptors (Lipinski definition) is 3. The van der Waals surface area contributed by atoms with E-state index in [1.807, 2.05) is 6.07 Å². The molecule has 73 valence electrons. The quantitative estimate of drug-likeness (QED) is 0.726. The lowest BCUT2D eigenvalue weighted by molar-refractivity contribution is -0.113. The molecule has 0 unspecified atom stereocenters. The zero-order valence-corrected chi connectivity index (χ0v) is 7.84. The van der Waals surface area contributed by atoms with E-state index in [4.69, 9.17) is 5.73 Å². The first kappa shape index (κ1) is 9.33. The highest BCUT2D eigenvalue weighted by Crippen LogP contribution is 2.13. The molecule has 1 radical (unpaired) electrons. The van der Waals surface area contributed by atoms with Gasteiger partial charge in [0.15, 0.2) is 5.65 Å². The van der Waals surface area contributed by atoms with E-state index in [1.165, 1.54) is 6.08 Å². The topological polar surface area (TPSA) is 68.9 Å². The maximum absolute atomic E-state index is 10.6. The van der Waals surface area contributed by atoms with Gasteiger partial charge in [0, 0.05) is 23.9 Å². The minimum absolute atomic E-state index is 0.524. The van der Waals surface area contributed by atoms with Crippen molar-refractivity contribution in [3.05, 3.63) is 48.3 Å². The number of nitrogens with two attached hydrogens (primary N) is 1. The van der Waals surface area contributed by atoms with Gasteiger partial charge in [-0.25, -0.2) is 9.97 Å². The minimum atomic E-state index is -0.524. The third kappa shape index (κ3) is 1.99. The van der Waals surface area contributed by atoms with E-state index in [2.05, 4.69) is 16.0 Å². The van der Waals surface area contributed by atoms with Gasteiger partial charge in [-0.2, -0.15) is 0 Å². The second kappa shape index (κ2) is 3.88. The number of hydrogen-bond donors (Lipinski definition) is 1. The zero-order chi connectivity index (χ0) is 10.7. The highest BCUT2D eigenvalue weighted by molar-refractivity contribution is 5.87. The summed E-state index contributed by atoms with van der Waals surface area (Å²) in [6.45, 7) is 0. The van der Waals surface area contributed by atoms with Crippen LogP contribution >= 0.6 is 0 Å². The van der Waals surface area contributed by atoms with Gasteiger partial charge in [-0.15, -0.1) is 0 Å². The van der Waals surface area contributed by atoms with Gasteiger partial charge in [0.25, 0.3) is 0 Å². The van der Waals surface area contributed by atoms with Crippen LogP contribution in [0.25, 0.3) is 11.0 Å². The highest BCUT2D eigenvalue weighted by Gasteiger charge is 1.99. The largest absolute Gasteiger partial charge is 0.366 e. The molecule has 2 N–H and O–H groups in total. The van der Waals surface area contributed by atoms with Gasteiger partial charge in [-0.1, -0.05) is 0 Å². The first-order chi connectivity index (χ1) is 7.27. The second-order valence-corrected chi connectivity index (χ2v) is 2.92. The summed E-state index contributed by atoms with van der Waals surface area (Å²) in [6.07, 6.45) is 7.28. The monoisotopic (exact) mass is 198 g/mol. The van der Waals surface area contributed by atoms with Gasteiger partial charge in [-0.05, 0) is 29.8 Å². The molecule has 0 aromatic carbocycles. The number of pyridine rings is 2. The Morgan fingerprint density at radius 1 is 1.33 bits per heavy atom. The van der Waals surface area contributed by atoms with E-state index in [9.17, 15) is 4.79 Å². The third-order valence-electron chi connectivity index (χ3n) is 1.88. The van der Waals surface area contributed by atoms with Crippen LogP contribution in [0.15, 0.2) is 36.7 Å². The fourth-order valence-corrected chi connectivity index (χ4v) is 1.26. The number of primary amides is 1. The van der Waals surface area contributed by atoms with E-state index >= 15 is 0 Å². The number of carbonyl (C=O) groups is 1. The molecule has 2 aromatic rings. The average molecular weight is 198 g/mol. The highest BCUT2D eigenvalue weighted by atomic mass is 16.1. The summed E-state index contributed by atoms with van der Waals surface area (Å²) in [5.74, 6) is -0.524. The molecule has 0 saturated heterocycles. The number of carbonyl (C=O) groups excluding carboxylic acids is 1. The molecule has 2 aromatic heterocycles. The van der Waals surface area contributed by atoms with Gasteiger partial charge in [0.05, 0.1) is 0 Å². The number of fused-ring (bicyclic) bond motifs is 1. The van der Waals surface area contributed by atoms with Gasteiger partial charge in [-0.3, -0.25) is 4.79 Å². The second-order valence-electron chi connectivity index (χ2n) is 2.92. The van der Waals surface area contributed by atoms with Crippen molar-refractivity contribution < 1.29 is 4.79 Å². The van der Waals surface area contributed by atoms with Crippen LogP contribution < -0.4 is 5.73 Å². The van der Waals surface area contributed by atoms with Crippen molar-refractivity contribution in [3.63, 3.8) is 0 Å². The minimum Gasteiger partial charge on any atom is -0.366 e. The van der Waals surface area contributed by atoms with E-state index in [-0.39, 0.29) is 0 Å². The molecule has 0 saturated carbocycles. The van der Waals surface area contributed by atoms with Crippen molar-refractivity contribution in [2.24, 2.45) is 5.73 Å². The predicted molar refractivity (Wildman–Crippen MR) is 55.6 cm³/mol. The molecule has 1 amide bonds. The molecule has 0 aliphatic rings. The average Bonchev–Trinajstić information content (AvgIpc) is 2.26. The first-order valence-corrected chi connectivity index (χ1v) is 4.36. The fraction of sp³-hybridized carbons (Fsp3) is 0. The summed E-state index contributed by atoms with van der Waals surface area (Å²) >= 11 is 0. The standard InChI is InChI=1S/C11H8N3O/c12-10(15)4-3-8-5-7-14-11-9(8)2-1-6-13-11/h1-2,4-7H,(H2,12,15). The normalized spacial score (nSPS) is 10.9. The molecule has 0 spiro atoms. The van der Waals surface area contributed by atoms with Crippen molar-refractivity contribution >= 4 is 16.9 Å². The van der Waals surface area contributed by atoms with Crippen LogP contribution in [0.5, 0.6) is 0 Å². The number of rotatable bonds is 2. The summed E-state index contributed by atoms with van der Waals surface area (Å²) in [6, 6.07) is 5.43. The maximum atomic E-state index is 10.6. The van der Waals surface area contributed by atoms with Gasteiger partial charge in [0.1, 0.15) is 0 Å². The van der Waals surface area contributed by atoms with Crippen LogP contribution in [-0.2, 0) is 4.79 Å². The molecular formula is C11H8N3O. The first-order valence-electron chi connectivity index (χ1n) is 4.36.